The fraction of sp³-hybridized carbons (Fsp3) is 0.684. The SMILES string of the molecule is CCN(CC)CCCCN(CC(C)C(=O)OC)C(=O)Cc1cccs1. The highest BCUT2D eigenvalue weighted by Crippen LogP contribution is 2.13. The molecule has 0 aliphatic carbocycles. The summed E-state index contributed by atoms with van der Waals surface area (Å²) in [4.78, 5) is 29.7. The van der Waals surface area contributed by atoms with Gasteiger partial charge in [-0.15, -0.1) is 11.3 Å². The molecule has 0 aliphatic heterocycles. The molecule has 1 heterocycles. The van der Waals surface area contributed by atoms with Crippen LogP contribution in [0.4, 0.5) is 0 Å². The smallest absolute Gasteiger partial charge is 0.310 e. The van der Waals surface area contributed by atoms with Crippen LogP contribution in [0.15, 0.2) is 17.5 Å². The molecular weight excluding hydrogens is 336 g/mol. The third-order valence-corrected chi connectivity index (χ3v) is 5.28. The van der Waals surface area contributed by atoms with Gasteiger partial charge in [0.05, 0.1) is 19.4 Å². The summed E-state index contributed by atoms with van der Waals surface area (Å²) in [6.07, 6.45) is 2.40. The van der Waals surface area contributed by atoms with Gasteiger partial charge in [-0.2, -0.15) is 0 Å². The molecule has 1 aromatic rings. The molecule has 5 nitrogen and oxygen atoms in total. The number of ether oxygens (including phenoxy) is 1. The largest absolute Gasteiger partial charge is 0.469 e. The number of nitrogens with zero attached hydrogens (tertiary/aromatic N) is 2. The molecule has 1 atom stereocenters. The van der Waals surface area contributed by atoms with Crippen molar-refractivity contribution in [1.82, 2.24) is 9.80 Å². The zero-order chi connectivity index (χ0) is 18.7. The van der Waals surface area contributed by atoms with E-state index in [0.717, 1.165) is 37.4 Å². The first-order valence-electron chi connectivity index (χ1n) is 9.12. The molecule has 0 saturated carbocycles. The van der Waals surface area contributed by atoms with Crippen LogP contribution in [0.25, 0.3) is 0 Å². The summed E-state index contributed by atoms with van der Waals surface area (Å²) in [7, 11) is 1.39. The van der Waals surface area contributed by atoms with Gasteiger partial charge in [0.2, 0.25) is 5.91 Å². The van der Waals surface area contributed by atoms with Gasteiger partial charge >= 0.3 is 5.97 Å². The van der Waals surface area contributed by atoms with Crippen molar-refractivity contribution in [2.24, 2.45) is 5.92 Å². The van der Waals surface area contributed by atoms with Gasteiger partial charge in [-0.05, 0) is 43.9 Å². The normalized spacial score (nSPS) is 12.2. The van der Waals surface area contributed by atoms with E-state index in [9.17, 15) is 9.59 Å². The van der Waals surface area contributed by atoms with Crippen LogP contribution in [-0.2, 0) is 20.7 Å². The monoisotopic (exact) mass is 368 g/mol. The Hall–Kier alpha value is -1.40. The number of hydrogen-bond acceptors (Lipinski definition) is 5. The van der Waals surface area contributed by atoms with Crippen LogP contribution in [0.5, 0.6) is 0 Å². The highest BCUT2D eigenvalue weighted by molar-refractivity contribution is 7.10. The van der Waals surface area contributed by atoms with E-state index in [1.807, 2.05) is 29.3 Å². The van der Waals surface area contributed by atoms with Gasteiger partial charge in [0.15, 0.2) is 0 Å². The Balaban J connectivity index is 2.57. The minimum atomic E-state index is -0.305. The second-order valence-electron chi connectivity index (χ2n) is 6.25. The summed E-state index contributed by atoms with van der Waals surface area (Å²) >= 11 is 1.59. The number of amides is 1. The van der Waals surface area contributed by atoms with Crippen molar-refractivity contribution >= 4 is 23.2 Å². The van der Waals surface area contributed by atoms with E-state index in [-0.39, 0.29) is 17.8 Å². The number of thiophene rings is 1. The summed E-state index contributed by atoms with van der Waals surface area (Å²) in [5, 5.41) is 1.98. The van der Waals surface area contributed by atoms with Gasteiger partial charge in [-0.25, -0.2) is 0 Å². The van der Waals surface area contributed by atoms with Crippen molar-refractivity contribution in [3.8, 4) is 0 Å². The molecule has 1 rings (SSSR count). The zero-order valence-corrected chi connectivity index (χ0v) is 16.8. The Morgan fingerprint density at radius 2 is 1.88 bits per heavy atom. The molecular formula is C19H32N2O3S. The van der Waals surface area contributed by atoms with Crippen molar-refractivity contribution in [1.29, 1.82) is 0 Å². The molecule has 0 saturated heterocycles. The molecule has 0 radical (unpaired) electrons. The highest BCUT2D eigenvalue weighted by Gasteiger charge is 2.21. The quantitative estimate of drug-likeness (QED) is 0.420. The van der Waals surface area contributed by atoms with Crippen molar-refractivity contribution in [2.75, 3.05) is 39.8 Å². The minimum absolute atomic E-state index is 0.0843. The average Bonchev–Trinajstić information content (AvgIpc) is 3.12. The number of carbonyl (C=O) groups is 2. The molecule has 0 bridgehead atoms. The van der Waals surface area contributed by atoms with Crippen molar-refractivity contribution in [3.05, 3.63) is 22.4 Å². The Bertz CT molecular complexity index is 501. The van der Waals surface area contributed by atoms with Gasteiger partial charge in [-0.1, -0.05) is 26.8 Å². The fourth-order valence-electron chi connectivity index (χ4n) is 2.78. The molecule has 1 aromatic heterocycles. The number of esters is 1. The maximum Gasteiger partial charge on any atom is 0.310 e. The van der Waals surface area contributed by atoms with E-state index in [2.05, 4.69) is 18.7 Å². The second kappa shape index (κ2) is 12.0. The topological polar surface area (TPSA) is 49.9 Å². The van der Waals surface area contributed by atoms with Crippen LogP contribution in [0.3, 0.4) is 0 Å². The third-order valence-electron chi connectivity index (χ3n) is 4.40. The fourth-order valence-corrected chi connectivity index (χ4v) is 3.47. The minimum Gasteiger partial charge on any atom is -0.469 e. The molecule has 0 N–H and O–H groups in total. The Morgan fingerprint density at radius 1 is 1.20 bits per heavy atom. The predicted molar refractivity (Wildman–Crippen MR) is 103 cm³/mol. The van der Waals surface area contributed by atoms with Crippen LogP contribution in [0.1, 0.15) is 38.5 Å². The first-order chi connectivity index (χ1) is 12.0. The number of rotatable bonds is 12. The molecule has 1 amide bonds. The van der Waals surface area contributed by atoms with E-state index in [4.69, 9.17) is 4.74 Å². The first kappa shape index (κ1) is 21.6. The van der Waals surface area contributed by atoms with Gasteiger partial charge in [0.25, 0.3) is 0 Å². The Labute approximate surface area is 156 Å². The molecule has 0 fully saturated rings. The van der Waals surface area contributed by atoms with E-state index in [1.165, 1.54) is 7.11 Å². The Kier molecular flexibility index (Phi) is 10.4. The van der Waals surface area contributed by atoms with Crippen LogP contribution in [0.2, 0.25) is 0 Å². The van der Waals surface area contributed by atoms with Crippen molar-refractivity contribution < 1.29 is 14.3 Å². The highest BCUT2D eigenvalue weighted by atomic mass is 32.1. The molecule has 0 spiro atoms. The maximum absolute atomic E-state index is 12.7. The van der Waals surface area contributed by atoms with Crippen LogP contribution >= 0.6 is 11.3 Å². The standard InChI is InChI=1S/C19H32N2O3S/c1-5-20(6-2)11-7-8-12-21(15-16(3)19(23)24-4)18(22)14-17-10-9-13-25-17/h9-10,13,16H,5-8,11-12,14-15H2,1-4H3. The number of carbonyl (C=O) groups excluding carboxylic acids is 2. The first-order valence-corrected chi connectivity index (χ1v) is 10.00. The molecule has 6 heteroatoms. The van der Waals surface area contributed by atoms with E-state index in [0.29, 0.717) is 19.5 Å². The van der Waals surface area contributed by atoms with Gasteiger partial charge in [0.1, 0.15) is 0 Å². The van der Waals surface area contributed by atoms with E-state index >= 15 is 0 Å². The van der Waals surface area contributed by atoms with Crippen molar-refractivity contribution in [2.45, 2.75) is 40.0 Å². The number of methoxy groups -OCH3 is 1. The summed E-state index contributed by atoms with van der Waals surface area (Å²) < 4.78 is 4.80. The summed E-state index contributed by atoms with van der Waals surface area (Å²) in [5.41, 5.74) is 0. The molecule has 0 aromatic carbocycles. The van der Waals surface area contributed by atoms with Crippen LogP contribution < -0.4 is 0 Å². The summed E-state index contributed by atoms with van der Waals surface area (Å²) in [6, 6.07) is 3.93. The molecule has 0 aliphatic rings. The number of hydrogen-bond donors (Lipinski definition) is 0. The van der Waals surface area contributed by atoms with Crippen LogP contribution in [-0.4, -0.2) is 61.5 Å². The van der Waals surface area contributed by atoms with E-state index < -0.39 is 0 Å². The lowest BCUT2D eigenvalue weighted by molar-refractivity contribution is -0.146. The summed E-state index contributed by atoms with van der Waals surface area (Å²) in [6.45, 7) is 10.4. The third kappa shape index (κ3) is 8.01. The second-order valence-corrected chi connectivity index (χ2v) is 7.29. The maximum atomic E-state index is 12.7. The van der Waals surface area contributed by atoms with E-state index in [1.54, 1.807) is 11.3 Å². The lowest BCUT2D eigenvalue weighted by Gasteiger charge is -2.26. The van der Waals surface area contributed by atoms with Gasteiger partial charge in [-0.3, -0.25) is 9.59 Å². The van der Waals surface area contributed by atoms with Gasteiger partial charge < -0.3 is 14.5 Å². The van der Waals surface area contributed by atoms with Crippen molar-refractivity contribution in [3.63, 3.8) is 0 Å². The molecule has 1 unspecified atom stereocenters. The lowest BCUT2D eigenvalue weighted by atomic mass is 10.1. The molecule has 142 valence electrons. The number of unbranched alkanes of at least 4 members (excludes halogenated alkanes) is 1. The van der Waals surface area contributed by atoms with Gasteiger partial charge in [0, 0.05) is 18.0 Å². The molecule has 25 heavy (non-hydrogen) atoms. The van der Waals surface area contributed by atoms with Crippen LogP contribution in [0, 0.1) is 5.92 Å². The lowest BCUT2D eigenvalue weighted by Crippen LogP contribution is -2.39. The average molecular weight is 369 g/mol. The predicted octanol–water partition coefficient (Wildman–Crippen LogP) is 3.05. The zero-order valence-electron chi connectivity index (χ0n) is 16.0. The Morgan fingerprint density at radius 3 is 2.44 bits per heavy atom. The summed E-state index contributed by atoms with van der Waals surface area (Å²) in [5.74, 6) is -0.488.